The fourth-order valence-corrected chi connectivity index (χ4v) is 2.50. The largest absolute Gasteiger partial charge is 0.374 e. The number of aromatic nitrogens is 1. The molecule has 0 fully saturated rings. The summed E-state index contributed by atoms with van der Waals surface area (Å²) in [6.07, 6.45) is 3.71. The Labute approximate surface area is 125 Å². The van der Waals surface area contributed by atoms with Crippen LogP contribution in [0.4, 0.5) is 0 Å². The van der Waals surface area contributed by atoms with Crippen molar-refractivity contribution in [2.24, 2.45) is 0 Å². The first-order valence-corrected chi connectivity index (χ1v) is 7.82. The van der Waals surface area contributed by atoms with Crippen molar-refractivity contribution in [1.29, 1.82) is 0 Å². The van der Waals surface area contributed by atoms with Crippen molar-refractivity contribution in [2.75, 3.05) is 13.2 Å². The van der Waals surface area contributed by atoms with Gasteiger partial charge in [0.2, 0.25) is 0 Å². The molecule has 0 saturated carbocycles. The number of hydrogen-bond acceptors (Lipinski definition) is 3. The monoisotopic (exact) mass is 328 g/mol. The molecule has 108 valence electrons. The predicted octanol–water partition coefficient (Wildman–Crippen LogP) is 3.57. The van der Waals surface area contributed by atoms with Crippen LogP contribution in [-0.4, -0.2) is 29.8 Å². The van der Waals surface area contributed by atoms with E-state index in [1.807, 2.05) is 12.3 Å². The lowest BCUT2D eigenvalue weighted by molar-refractivity contribution is -0.0548. The molecule has 0 radical (unpaired) electrons. The smallest absolute Gasteiger partial charge is 0.0807 e. The average molecular weight is 329 g/mol. The lowest BCUT2D eigenvalue weighted by Gasteiger charge is -2.37. The van der Waals surface area contributed by atoms with Crippen LogP contribution >= 0.6 is 15.9 Å². The minimum absolute atomic E-state index is 0.153. The van der Waals surface area contributed by atoms with Crippen LogP contribution in [0, 0.1) is 0 Å². The lowest BCUT2D eigenvalue weighted by atomic mass is 9.89. The summed E-state index contributed by atoms with van der Waals surface area (Å²) in [6.45, 7) is 10.2. The molecule has 2 unspecified atom stereocenters. The van der Waals surface area contributed by atoms with E-state index in [0.29, 0.717) is 0 Å². The van der Waals surface area contributed by atoms with Gasteiger partial charge in [-0.15, -0.1) is 0 Å². The molecule has 1 aromatic rings. The molecule has 0 aliphatic rings. The normalized spacial score (nSPS) is 16.1. The summed E-state index contributed by atoms with van der Waals surface area (Å²) in [5, 5.41) is 3.55. The van der Waals surface area contributed by atoms with E-state index in [0.717, 1.165) is 36.2 Å². The highest BCUT2D eigenvalue weighted by Gasteiger charge is 2.32. The molecule has 1 rings (SSSR count). The van der Waals surface area contributed by atoms with Crippen LogP contribution in [0.5, 0.6) is 0 Å². The zero-order valence-corrected chi connectivity index (χ0v) is 14.0. The molecule has 3 nitrogen and oxygen atoms in total. The number of pyridine rings is 1. The third-order valence-electron chi connectivity index (χ3n) is 3.57. The molecule has 2 atom stereocenters. The fourth-order valence-electron chi connectivity index (χ4n) is 2.27. The summed E-state index contributed by atoms with van der Waals surface area (Å²) in [5.74, 6) is 0. The van der Waals surface area contributed by atoms with Crippen LogP contribution in [0.3, 0.4) is 0 Å². The Morgan fingerprint density at radius 2 is 2.11 bits per heavy atom. The Kier molecular flexibility index (Phi) is 6.97. The number of rotatable bonds is 8. The Morgan fingerprint density at radius 1 is 1.37 bits per heavy atom. The highest BCUT2D eigenvalue weighted by atomic mass is 79.9. The van der Waals surface area contributed by atoms with Crippen molar-refractivity contribution in [2.45, 2.75) is 52.2 Å². The first-order chi connectivity index (χ1) is 9.05. The standard InChI is InChI=1S/C15H25BrN2O/c1-5-15(4,19-7-3)14(17-6-2)10-13-9-8-12(16)11-18-13/h8-9,11,14,17H,5-7,10H2,1-4H3. The van der Waals surface area contributed by atoms with Gasteiger partial charge in [0, 0.05) is 35.4 Å². The summed E-state index contributed by atoms with van der Waals surface area (Å²) in [5.41, 5.74) is 0.938. The van der Waals surface area contributed by atoms with Gasteiger partial charge in [-0.25, -0.2) is 0 Å². The van der Waals surface area contributed by atoms with E-state index in [1.165, 1.54) is 0 Å². The maximum absolute atomic E-state index is 5.99. The van der Waals surface area contributed by atoms with Gasteiger partial charge in [-0.05, 0) is 54.9 Å². The second-order valence-corrected chi connectivity index (χ2v) is 5.80. The topological polar surface area (TPSA) is 34.2 Å². The molecular weight excluding hydrogens is 304 g/mol. The van der Waals surface area contributed by atoms with Crippen LogP contribution in [0.1, 0.15) is 39.8 Å². The van der Waals surface area contributed by atoms with Crippen LogP contribution in [0.25, 0.3) is 0 Å². The van der Waals surface area contributed by atoms with Crippen molar-refractivity contribution in [1.82, 2.24) is 10.3 Å². The van der Waals surface area contributed by atoms with Crippen molar-refractivity contribution in [3.63, 3.8) is 0 Å². The quantitative estimate of drug-likeness (QED) is 0.792. The van der Waals surface area contributed by atoms with Gasteiger partial charge >= 0.3 is 0 Å². The minimum Gasteiger partial charge on any atom is -0.374 e. The molecular formula is C15H25BrN2O. The molecule has 0 spiro atoms. The maximum atomic E-state index is 5.99. The third-order valence-corrected chi connectivity index (χ3v) is 4.03. The van der Waals surface area contributed by atoms with E-state index in [9.17, 15) is 0 Å². The molecule has 4 heteroatoms. The van der Waals surface area contributed by atoms with Gasteiger partial charge in [-0.1, -0.05) is 13.8 Å². The average Bonchev–Trinajstić information content (AvgIpc) is 2.41. The van der Waals surface area contributed by atoms with Crippen LogP contribution in [-0.2, 0) is 11.2 Å². The number of likely N-dealkylation sites (N-methyl/N-ethyl adjacent to an activating group) is 1. The van der Waals surface area contributed by atoms with E-state index >= 15 is 0 Å². The lowest BCUT2D eigenvalue weighted by Crippen LogP contribution is -2.51. The molecule has 0 bridgehead atoms. The summed E-state index contributed by atoms with van der Waals surface area (Å²) in [6, 6.07) is 4.38. The third kappa shape index (κ3) is 4.86. The summed E-state index contributed by atoms with van der Waals surface area (Å²) in [7, 11) is 0. The first kappa shape index (κ1) is 16.6. The van der Waals surface area contributed by atoms with Gasteiger partial charge in [-0.3, -0.25) is 4.98 Å². The van der Waals surface area contributed by atoms with Crippen molar-refractivity contribution in [3.8, 4) is 0 Å². The van der Waals surface area contributed by atoms with E-state index in [4.69, 9.17) is 4.74 Å². The number of nitrogens with one attached hydrogen (secondary N) is 1. The Balaban J connectivity index is 2.84. The molecule has 0 aliphatic carbocycles. The fraction of sp³-hybridized carbons (Fsp3) is 0.667. The SMILES string of the molecule is CCNC(Cc1ccc(Br)cn1)C(C)(CC)OCC. The first-order valence-electron chi connectivity index (χ1n) is 7.03. The second-order valence-electron chi connectivity index (χ2n) is 4.88. The molecule has 0 aromatic carbocycles. The van der Waals surface area contributed by atoms with Crippen LogP contribution < -0.4 is 5.32 Å². The zero-order valence-electron chi connectivity index (χ0n) is 12.4. The molecule has 0 amide bonds. The van der Waals surface area contributed by atoms with Gasteiger partial charge in [0.15, 0.2) is 0 Å². The van der Waals surface area contributed by atoms with E-state index < -0.39 is 0 Å². The maximum Gasteiger partial charge on any atom is 0.0807 e. The number of hydrogen-bond donors (Lipinski definition) is 1. The number of ether oxygens (including phenoxy) is 1. The Hall–Kier alpha value is -0.450. The van der Waals surface area contributed by atoms with Crippen molar-refractivity contribution >= 4 is 15.9 Å². The van der Waals surface area contributed by atoms with Gasteiger partial charge in [0.1, 0.15) is 0 Å². The summed E-state index contributed by atoms with van der Waals surface area (Å²) >= 11 is 3.42. The minimum atomic E-state index is -0.153. The molecule has 1 aromatic heterocycles. The van der Waals surface area contributed by atoms with E-state index in [2.05, 4.69) is 60.0 Å². The Bertz CT molecular complexity index is 369. The Morgan fingerprint density at radius 3 is 2.58 bits per heavy atom. The van der Waals surface area contributed by atoms with E-state index in [-0.39, 0.29) is 11.6 Å². The van der Waals surface area contributed by atoms with E-state index in [1.54, 1.807) is 0 Å². The van der Waals surface area contributed by atoms with Gasteiger partial charge in [-0.2, -0.15) is 0 Å². The van der Waals surface area contributed by atoms with Crippen LogP contribution in [0.2, 0.25) is 0 Å². The molecule has 1 heterocycles. The summed E-state index contributed by atoms with van der Waals surface area (Å²) in [4.78, 5) is 4.47. The molecule has 0 saturated heterocycles. The van der Waals surface area contributed by atoms with Crippen molar-refractivity contribution < 1.29 is 4.74 Å². The number of halogens is 1. The van der Waals surface area contributed by atoms with Crippen LogP contribution in [0.15, 0.2) is 22.8 Å². The molecule has 0 aliphatic heterocycles. The second kappa shape index (κ2) is 7.98. The van der Waals surface area contributed by atoms with Gasteiger partial charge in [0.25, 0.3) is 0 Å². The van der Waals surface area contributed by atoms with Crippen molar-refractivity contribution in [3.05, 3.63) is 28.5 Å². The number of nitrogens with zero attached hydrogens (tertiary/aromatic N) is 1. The summed E-state index contributed by atoms with van der Waals surface area (Å²) < 4.78 is 7.00. The van der Waals surface area contributed by atoms with Gasteiger partial charge < -0.3 is 10.1 Å². The zero-order chi connectivity index (χ0) is 14.3. The predicted molar refractivity (Wildman–Crippen MR) is 83.4 cm³/mol. The highest BCUT2D eigenvalue weighted by molar-refractivity contribution is 9.10. The molecule has 1 N–H and O–H groups in total. The molecule has 19 heavy (non-hydrogen) atoms. The van der Waals surface area contributed by atoms with Gasteiger partial charge in [0.05, 0.1) is 5.60 Å². The highest BCUT2D eigenvalue weighted by Crippen LogP contribution is 2.23.